The van der Waals surface area contributed by atoms with Gasteiger partial charge in [0.1, 0.15) is 4.88 Å². The van der Waals surface area contributed by atoms with Crippen LogP contribution in [0.4, 0.5) is 5.00 Å². The van der Waals surface area contributed by atoms with Crippen molar-refractivity contribution in [2.75, 3.05) is 12.4 Å². The molecule has 1 heterocycles. The molecular weight excluding hydrogens is 304 g/mol. The first-order chi connectivity index (χ1) is 10.0. The molecule has 1 aromatic rings. The van der Waals surface area contributed by atoms with Gasteiger partial charge in [-0.2, -0.15) is 0 Å². The third-order valence-corrected chi connectivity index (χ3v) is 5.31. The monoisotopic (exact) mass is 326 g/mol. The van der Waals surface area contributed by atoms with Gasteiger partial charge < -0.3 is 15.4 Å². The second kappa shape index (κ2) is 7.22. The van der Waals surface area contributed by atoms with Crippen molar-refractivity contribution in [2.45, 2.75) is 45.6 Å². The van der Waals surface area contributed by atoms with Crippen LogP contribution < -0.4 is 10.6 Å². The van der Waals surface area contributed by atoms with Gasteiger partial charge in [-0.1, -0.05) is 19.8 Å². The van der Waals surface area contributed by atoms with Gasteiger partial charge in [-0.25, -0.2) is 4.79 Å². The molecule has 1 aliphatic rings. The summed E-state index contributed by atoms with van der Waals surface area (Å²) in [7, 11) is 1.39. The number of hydrogen-bond acceptors (Lipinski definition) is 4. The van der Waals surface area contributed by atoms with Gasteiger partial charge in [0.05, 0.1) is 12.1 Å². The van der Waals surface area contributed by atoms with E-state index < -0.39 is 0 Å². The molecule has 0 aromatic carbocycles. The zero-order chi connectivity index (χ0) is 15.4. The van der Waals surface area contributed by atoms with Crippen LogP contribution in [0, 0.1) is 12.8 Å². The lowest BCUT2D eigenvalue weighted by Gasteiger charge is -2.30. The van der Waals surface area contributed by atoms with Crippen LogP contribution in [0.1, 0.15) is 47.8 Å². The second-order valence-electron chi connectivity index (χ2n) is 5.58. The quantitative estimate of drug-likeness (QED) is 0.655. The molecule has 21 heavy (non-hydrogen) atoms. The Morgan fingerprint density at radius 2 is 2.14 bits per heavy atom. The lowest BCUT2D eigenvalue weighted by molar-refractivity contribution is 0.0605. The Morgan fingerprint density at radius 3 is 2.81 bits per heavy atom. The number of ether oxygens (including phenoxy) is 1. The van der Waals surface area contributed by atoms with Crippen LogP contribution in [0.5, 0.6) is 0 Å². The molecule has 2 atom stereocenters. The molecule has 0 radical (unpaired) electrons. The number of nitrogens with one attached hydrogen (secondary N) is 2. The minimum absolute atomic E-state index is 0.301. The van der Waals surface area contributed by atoms with E-state index in [1.165, 1.54) is 44.1 Å². The van der Waals surface area contributed by atoms with Crippen LogP contribution >= 0.6 is 23.6 Å². The van der Waals surface area contributed by atoms with Gasteiger partial charge in [0, 0.05) is 6.04 Å². The van der Waals surface area contributed by atoms with Crippen molar-refractivity contribution in [2.24, 2.45) is 5.92 Å². The van der Waals surface area contributed by atoms with E-state index in [2.05, 4.69) is 17.6 Å². The first kappa shape index (κ1) is 16.2. The van der Waals surface area contributed by atoms with Gasteiger partial charge in [-0.15, -0.1) is 11.3 Å². The van der Waals surface area contributed by atoms with Crippen molar-refractivity contribution in [3.05, 3.63) is 16.5 Å². The molecular formula is C15H22N2O2S2. The lowest BCUT2D eigenvalue weighted by atomic mass is 9.86. The number of carbonyl (C=O) groups excluding carboxylic acids is 1. The first-order valence-corrected chi connectivity index (χ1v) is 8.50. The van der Waals surface area contributed by atoms with Gasteiger partial charge in [-0.05, 0) is 49.5 Å². The maximum absolute atomic E-state index is 11.6. The highest BCUT2D eigenvalue weighted by atomic mass is 32.1. The van der Waals surface area contributed by atoms with Crippen molar-refractivity contribution in [3.63, 3.8) is 0 Å². The summed E-state index contributed by atoms with van der Waals surface area (Å²) in [5, 5.41) is 8.08. The van der Waals surface area contributed by atoms with Crippen molar-refractivity contribution in [3.8, 4) is 0 Å². The first-order valence-electron chi connectivity index (χ1n) is 7.27. The van der Waals surface area contributed by atoms with Gasteiger partial charge in [0.25, 0.3) is 0 Å². The molecule has 1 fully saturated rings. The van der Waals surface area contributed by atoms with Gasteiger partial charge in [-0.3, -0.25) is 0 Å². The van der Waals surface area contributed by atoms with Crippen LogP contribution in [-0.2, 0) is 4.74 Å². The normalized spacial score (nSPS) is 21.7. The summed E-state index contributed by atoms with van der Waals surface area (Å²) >= 11 is 6.75. The number of thiocarbonyl (C=S) groups is 1. The largest absolute Gasteiger partial charge is 0.465 e. The number of hydrogen-bond donors (Lipinski definition) is 2. The number of carbonyl (C=O) groups is 1. The fourth-order valence-corrected chi connectivity index (χ4v) is 4.01. The van der Waals surface area contributed by atoms with E-state index in [0.717, 1.165) is 10.6 Å². The smallest absolute Gasteiger partial charge is 0.348 e. The number of methoxy groups -OCH3 is 1. The average molecular weight is 326 g/mol. The average Bonchev–Trinajstić information content (AvgIpc) is 2.81. The molecule has 2 rings (SSSR count). The Balaban J connectivity index is 1.95. The van der Waals surface area contributed by atoms with Gasteiger partial charge in [0.2, 0.25) is 0 Å². The lowest BCUT2D eigenvalue weighted by Crippen LogP contribution is -2.42. The fourth-order valence-electron chi connectivity index (χ4n) is 2.69. The summed E-state index contributed by atoms with van der Waals surface area (Å²) < 4.78 is 4.77. The summed E-state index contributed by atoms with van der Waals surface area (Å²) in [4.78, 5) is 12.2. The highest BCUT2D eigenvalue weighted by Gasteiger charge is 2.22. The van der Waals surface area contributed by atoms with E-state index >= 15 is 0 Å². The molecule has 0 unspecified atom stereocenters. The third kappa shape index (κ3) is 4.17. The summed E-state index contributed by atoms with van der Waals surface area (Å²) in [6.07, 6.45) is 4.99. The molecule has 2 N–H and O–H groups in total. The Hall–Kier alpha value is -1.14. The molecule has 0 spiro atoms. The molecule has 1 saturated carbocycles. The zero-order valence-electron chi connectivity index (χ0n) is 12.7. The summed E-state index contributed by atoms with van der Waals surface area (Å²) in [5.41, 5.74) is 0.906. The maximum Gasteiger partial charge on any atom is 0.348 e. The zero-order valence-corrected chi connectivity index (χ0v) is 14.3. The van der Waals surface area contributed by atoms with E-state index in [1.54, 1.807) is 0 Å². The van der Waals surface area contributed by atoms with Crippen molar-refractivity contribution in [1.82, 2.24) is 5.32 Å². The molecule has 0 bridgehead atoms. The summed E-state index contributed by atoms with van der Waals surface area (Å²) in [6.45, 7) is 4.16. The second-order valence-corrected chi connectivity index (χ2v) is 7.04. The molecule has 116 valence electrons. The SMILES string of the molecule is COC(=O)c1sc(NC(=S)N[C@@H]2CCCC[C@H]2C)cc1C. The number of esters is 1. The van der Waals surface area contributed by atoms with E-state index in [-0.39, 0.29) is 5.97 Å². The minimum Gasteiger partial charge on any atom is -0.465 e. The van der Waals surface area contributed by atoms with Gasteiger partial charge in [0.15, 0.2) is 5.11 Å². The fraction of sp³-hybridized carbons (Fsp3) is 0.600. The minimum atomic E-state index is -0.301. The van der Waals surface area contributed by atoms with E-state index in [0.29, 0.717) is 21.9 Å². The Labute approximate surface area is 135 Å². The molecule has 0 aliphatic heterocycles. The Morgan fingerprint density at radius 1 is 1.43 bits per heavy atom. The van der Waals surface area contributed by atoms with Crippen LogP contribution in [-0.4, -0.2) is 24.2 Å². The van der Waals surface area contributed by atoms with Crippen molar-refractivity contribution in [1.29, 1.82) is 0 Å². The van der Waals surface area contributed by atoms with Crippen LogP contribution in [0.25, 0.3) is 0 Å². The highest BCUT2D eigenvalue weighted by molar-refractivity contribution is 7.80. The maximum atomic E-state index is 11.6. The van der Waals surface area contributed by atoms with Crippen LogP contribution in [0.3, 0.4) is 0 Å². The van der Waals surface area contributed by atoms with E-state index in [4.69, 9.17) is 17.0 Å². The van der Waals surface area contributed by atoms with Crippen LogP contribution in [0.2, 0.25) is 0 Å². The summed E-state index contributed by atoms with van der Waals surface area (Å²) in [6, 6.07) is 2.37. The topological polar surface area (TPSA) is 50.4 Å². The summed E-state index contributed by atoms with van der Waals surface area (Å²) in [5.74, 6) is 0.347. The van der Waals surface area contributed by atoms with Crippen molar-refractivity contribution >= 4 is 39.6 Å². The predicted octanol–water partition coefficient (Wildman–Crippen LogP) is 3.71. The van der Waals surface area contributed by atoms with Gasteiger partial charge >= 0.3 is 5.97 Å². The third-order valence-electron chi connectivity index (χ3n) is 3.95. The van der Waals surface area contributed by atoms with Crippen molar-refractivity contribution < 1.29 is 9.53 Å². The van der Waals surface area contributed by atoms with E-state index in [1.807, 2.05) is 13.0 Å². The molecule has 0 amide bonds. The molecule has 1 aromatic heterocycles. The highest BCUT2D eigenvalue weighted by Crippen LogP contribution is 2.28. The van der Waals surface area contributed by atoms with Crippen LogP contribution in [0.15, 0.2) is 6.07 Å². The number of thiophene rings is 1. The standard InChI is InChI=1S/C15H22N2O2S2/c1-9-6-4-5-7-11(9)16-15(20)17-12-8-10(2)13(21-12)14(18)19-3/h8-9,11H,4-7H2,1-3H3,(H2,16,17,20)/t9-,11-/m1/s1. The number of rotatable bonds is 3. The number of anilines is 1. The molecule has 1 aliphatic carbocycles. The Kier molecular flexibility index (Phi) is 5.58. The molecule has 4 nitrogen and oxygen atoms in total. The molecule has 6 heteroatoms. The predicted molar refractivity (Wildman–Crippen MR) is 91.2 cm³/mol. The Bertz CT molecular complexity index is 528. The molecule has 0 saturated heterocycles. The number of aryl methyl sites for hydroxylation is 1. The van der Waals surface area contributed by atoms with E-state index in [9.17, 15) is 4.79 Å².